The van der Waals surface area contributed by atoms with Gasteiger partial charge in [0.2, 0.25) is 5.91 Å². The van der Waals surface area contributed by atoms with E-state index < -0.39 is 0 Å². The molecule has 2 heterocycles. The molecular formula is C19H19N5OS. The Kier molecular flexibility index (Phi) is 4.38. The molecule has 2 aromatic heterocycles. The van der Waals surface area contributed by atoms with E-state index in [0.29, 0.717) is 5.16 Å². The first kappa shape index (κ1) is 16.7. The molecule has 0 bridgehead atoms. The van der Waals surface area contributed by atoms with Crippen molar-refractivity contribution in [2.75, 3.05) is 5.32 Å². The van der Waals surface area contributed by atoms with Crippen molar-refractivity contribution >= 4 is 45.2 Å². The van der Waals surface area contributed by atoms with Crippen LogP contribution in [0.2, 0.25) is 0 Å². The number of nitrogens with zero attached hydrogens (tertiary/aromatic N) is 3. The zero-order valence-electron chi connectivity index (χ0n) is 14.6. The molecule has 0 radical (unpaired) electrons. The van der Waals surface area contributed by atoms with E-state index in [9.17, 15) is 4.79 Å². The van der Waals surface area contributed by atoms with Gasteiger partial charge in [0, 0.05) is 34.0 Å². The average molecular weight is 365 g/mol. The molecule has 2 N–H and O–H groups in total. The van der Waals surface area contributed by atoms with Crippen molar-refractivity contribution in [3.05, 3.63) is 48.8 Å². The quantitative estimate of drug-likeness (QED) is 0.523. The Morgan fingerprint density at radius 2 is 2.04 bits per heavy atom. The predicted octanol–water partition coefficient (Wildman–Crippen LogP) is 4.05. The Labute approximate surface area is 155 Å². The van der Waals surface area contributed by atoms with E-state index >= 15 is 0 Å². The number of aryl methyl sites for hydroxylation is 1. The number of carbonyl (C=O) groups excluding carboxylic acids is 1. The van der Waals surface area contributed by atoms with Crippen LogP contribution in [-0.2, 0) is 11.3 Å². The lowest BCUT2D eigenvalue weighted by Crippen LogP contribution is -2.22. The third-order valence-corrected chi connectivity index (χ3v) is 5.39. The number of carbonyl (C=O) groups is 1. The molecule has 4 rings (SSSR count). The van der Waals surface area contributed by atoms with Crippen LogP contribution in [-0.4, -0.2) is 30.9 Å². The molecule has 0 saturated heterocycles. The molecule has 4 aromatic rings. The molecule has 0 unspecified atom stereocenters. The van der Waals surface area contributed by atoms with Gasteiger partial charge in [-0.05, 0) is 38.1 Å². The minimum absolute atomic E-state index is 0.0648. The first-order valence-electron chi connectivity index (χ1n) is 8.51. The topological polar surface area (TPSA) is 75.6 Å². The minimum atomic E-state index is -0.282. The van der Waals surface area contributed by atoms with E-state index in [1.54, 1.807) is 0 Å². The maximum atomic E-state index is 12.5. The summed E-state index contributed by atoms with van der Waals surface area (Å²) in [6, 6.07) is 14.4. The van der Waals surface area contributed by atoms with Gasteiger partial charge in [-0.15, -0.1) is 0 Å². The molecular weight excluding hydrogens is 346 g/mol. The summed E-state index contributed by atoms with van der Waals surface area (Å²) in [6.07, 6.45) is 1.43. The molecule has 6 nitrogen and oxygen atoms in total. The smallest absolute Gasteiger partial charge is 0.237 e. The van der Waals surface area contributed by atoms with E-state index in [-0.39, 0.29) is 11.2 Å². The number of nitrogens with one attached hydrogen (secondary N) is 2. The zero-order chi connectivity index (χ0) is 18.1. The Bertz CT molecular complexity index is 1070. The first-order valence-corrected chi connectivity index (χ1v) is 9.39. The molecule has 132 valence electrons. The summed E-state index contributed by atoms with van der Waals surface area (Å²) in [6.45, 7) is 4.90. The Morgan fingerprint density at radius 3 is 2.81 bits per heavy atom. The lowest BCUT2D eigenvalue weighted by Gasteiger charge is -2.11. The van der Waals surface area contributed by atoms with Gasteiger partial charge in [-0.2, -0.15) is 5.10 Å². The first-order chi connectivity index (χ1) is 12.7. The van der Waals surface area contributed by atoms with Gasteiger partial charge >= 0.3 is 0 Å². The third kappa shape index (κ3) is 2.94. The summed E-state index contributed by atoms with van der Waals surface area (Å²) >= 11 is 1.35. The summed E-state index contributed by atoms with van der Waals surface area (Å²) in [5.74, 6) is -0.0648. The van der Waals surface area contributed by atoms with Crippen LogP contribution < -0.4 is 5.32 Å². The van der Waals surface area contributed by atoms with Gasteiger partial charge in [0.1, 0.15) is 6.33 Å². The molecule has 1 atom stereocenters. The van der Waals surface area contributed by atoms with Crippen LogP contribution in [0.3, 0.4) is 0 Å². The number of aromatic nitrogens is 4. The number of hydrogen-bond acceptors (Lipinski definition) is 4. The molecule has 1 amide bonds. The van der Waals surface area contributed by atoms with Gasteiger partial charge in [0.25, 0.3) is 0 Å². The molecule has 7 heteroatoms. The Hall–Kier alpha value is -2.80. The highest BCUT2D eigenvalue weighted by molar-refractivity contribution is 8.00. The second kappa shape index (κ2) is 6.84. The third-order valence-electron chi connectivity index (χ3n) is 4.41. The Morgan fingerprint density at radius 1 is 1.23 bits per heavy atom. The number of rotatable bonds is 5. The second-order valence-corrected chi connectivity index (χ2v) is 7.36. The predicted molar refractivity (Wildman–Crippen MR) is 105 cm³/mol. The van der Waals surface area contributed by atoms with Crippen molar-refractivity contribution in [2.24, 2.45) is 0 Å². The maximum absolute atomic E-state index is 12.5. The normalized spacial score (nSPS) is 12.5. The molecule has 0 fully saturated rings. The summed E-state index contributed by atoms with van der Waals surface area (Å²) in [5, 5.41) is 12.3. The highest BCUT2D eigenvalue weighted by Crippen LogP contribution is 2.31. The van der Waals surface area contributed by atoms with Gasteiger partial charge in [-0.3, -0.25) is 9.89 Å². The van der Waals surface area contributed by atoms with Crippen LogP contribution in [0.1, 0.15) is 13.8 Å². The Balaban J connectivity index is 1.63. The van der Waals surface area contributed by atoms with Crippen molar-refractivity contribution in [1.29, 1.82) is 0 Å². The fraction of sp³-hybridized carbons (Fsp3) is 0.211. The van der Waals surface area contributed by atoms with Gasteiger partial charge in [0.15, 0.2) is 5.16 Å². The summed E-state index contributed by atoms with van der Waals surface area (Å²) in [7, 11) is 0. The monoisotopic (exact) mass is 365 g/mol. The maximum Gasteiger partial charge on any atom is 0.237 e. The van der Waals surface area contributed by atoms with Crippen LogP contribution in [0, 0.1) is 0 Å². The van der Waals surface area contributed by atoms with E-state index in [1.165, 1.54) is 34.5 Å². The number of para-hydroxylation sites is 1. The van der Waals surface area contributed by atoms with Crippen molar-refractivity contribution in [3.8, 4) is 0 Å². The molecule has 0 spiro atoms. The zero-order valence-corrected chi connectivity index (χ0v) is 15.4. The number of thioether (sulfide) groups is 1. The van der Waals surface area contributed by atoms with E-state index in [1.807, 2.05) is 25.1 Å². The molecule has 2 aromatic carbocycles. The molecule has 0 saturated carbocycles. The fourth-order valence-electron chi connectivity index (χ4n) is 3.19. The molecule has 0 aliphatic carbocycles. The van der Waals surface area contributed by atoms with E-state index in [2.05, 4.69) is 56.3 Å². The lowest BCUT2D eigenvalue weighted by atomic mass is 10.1. The number of aromatic amines is 1. The van der Waals surface area contributed by atoms with Gasteiger partial charge in [-0.1, -0.05) is 30.0 Å². The summed E-state index contributed by atoms with van der Waals surface area (Å²) in [5.41, 5.74) is 3.19. The number of fused-ring (bicyclic) bond motifs is 3. The highest BCUT2D eigenvalue weighted by Gasteiger charge is 2.17. The van der Waals surface area contributed by atoms with Gasteiger partial charge in [0.05, 0.1) is 5.25 Å². The van der Waals surface area contributed by atoms with E-state index in [4.69, 9.17) is 0 Å². The van der Waals surface area contributed by atoms with E-state index in [0.717, 1.165) is 17.6 Å². The number of benzene rings is 2. The SMILES string of the molecule is CCn1c2ccccc2c2cc(NC(=O)[C@H](C)Sc3ncn[nH]3)ccc21. The van der Waals surface area contributed by atoms with Gasteiger partial charge < -0.3 is 9.88 Å². The second-order valence-electron chi connectivity index (χ2n) is 6.03. The standard InChI is InChI=1S/C19H19N5OS/c1-3-24-16-7-5-4-6-14(16)15-10-13(8-9-17(15)24)22-18(25)12(2)26-19-20-11-21-23-19/h4-12H,3H2,1-2H3,(H,22,25)(H,20,21,23)/t12-/m0/s1. The molecule has 26 heavy (non-hydrogen) atoms. The van der Waals surface area contributed by atoms with Crippen molar-refractivity contribution in [2.45, 2.75) is 30.8 Å². The van der Waals surface area contributed by atoms with Crippen molar-refractivity contribution < 1.29 is 4.79 Å². The van der Waals surface area contributed by atoms with Crippen LogP contribution in [0.5, 0.6) is 0 Å². The van der Waals surface area contributed by atoms with Crippen LogP contribution in [0.25, 0.3) is 21.8 Å². The summed E-state index contributed by atoms with van der Waals surface area (Å²) < 4.78 is 2.29. The number of hydrogen-bond donors (Lipinski definition) is 2. The fourth-order valence-corrected chi connectivity index (χ4v) is 3.90. The van der Waals surface area contributed by atoms with Crippen molar-refractivity contribution in [3.63, 3.8) is 0 Å². The van der Waals surface area contributed by atoms with Crippen molar-refractivity contribution in [1.82, 2.24) is 19.7 Å². The van der Waals surface area contributed by atoms with Gasteiger partial charge in [-0.25, -0.2) is 4.98 Å². The van der Waals surface area contributed by atoms with Crippen LogP contribution in [0.15, 0.2) is 53.9 Å². The van der Waals surface area contributed by atoms with Crippen LogP contribution >= 0.6 is 11.8 Å². The summed E-state index contributed by atoms with van der Waals surface area (Å²) in [4.78, 5) is 16.5. The number of anilines is 1. The molecule has 0 aliphatic rings. The number of H-pyrrole nitrogens is 1. The lowest BCUT2D eigenvalue weighted by molar-refractivity contribution is -0.115. The largest absolute Gasteiger partial charge is 0.341 e. The molecule has 0 aliphatic heterocycles. The highest BCUT2D eigenvalue weighted by atomic mass is 32.2. The average Bonchev–Trinajstić information content (AvgIpc) is 3.27. The van der Waals surface area contributed by atoms with Crippen LogP contribution in [0.4, 0.5) is 5.69 Å². The minimum Gasteiger partial charge on any atom is -0.341 e. The number of amides is 1.